The Balaban J connectivity index is 2.42. The summed E-state index contributed by atoms with van der Waals surface area (Å²) in [5.74, 6) is -0.232. The second-order valence-electron chi connectivity index (χ2n) is 3.20. The molecule has 0 aliphatic carbocycles. The van der Waals surface area contributed by atoms with Gasteiger partial charge in [-0.3, -0.25) is 15.6 Å². The van der Waals surface area contributed by atoms with Crippen LogP contribution < -0.4 is 5.32 Å². The number of carbonyl (C=O) groups excluding carboxylic acids is 1. The molecule has 0 fully saturated rings. The number of hydrogen-bond acceptors (Lipinski definition) is 4. The van der Waals surface area contributed by atoms with Crippen molar-refractivity contribution in [2.45, 2.75) is 13.3 Å². The maximum atomic E-state index is 11.5. The van der Waals surface area contributed by atoms with Gasteiger partial charge in [0.2, 0.25) is 5.91 Å². The van der Waals surface area contributed by atoms with Gasteiger partial charge in [-0.1, -0.05) is 30.3 Å². The first-order valence-corrected chi connectivity index (χ1v) is 5.55. The molecule has 84 valence electrons. The standard InChI is InChI=1S/C11H13N3OS/c1-8(12)16-11(13)14-10(15)7-9-5-3-2-4-6-9/h2-6,12H,7H2,1H3,(H2,13,14,15). The molecule has 0 saturated heterocycles. The normalized spacial score (nSPS) is 9.56. The van der Waals surface area contributed by atoms with E-state index in [1.165, 1.54) is 0 Å². The molecule has 0 unspecified atom stereocenters. The fourth-order valence-corrected chi connectivity index (χ4v) is 1.60. The molecule has 3 N–H and O–H groups in total. The SMILES string of the molecule is CC(=N)SC(=N)NC(=O)Cc1ccccc1. The van der Waals surface area contributed by atoms with Gasteiger partial charge in [0.1, 0.15) is 0 Å². The summed E-state index contributed by atoms with van der Waals surface area (Å²) in [5, 5.41) is 17.3. The Kier molecular flexibility index (Phi) is 4.72. The van der Waals surface area contributed by atoms with Crippen LogP contribution in [0.3, 0.4) is 0 Å². The van der Waals surface area contributed by atoms with Crippen LogP contribution in [0.4, 0.5) is 0 Å². The lowest BCUT2D eigenvalue weighted by atomic mass is 10.1. The van der Waals surface area contributed by atoms with Gasteiger partial charge in [0.15, 0.2) is 5.17 Å². The molecular formula is C11H13N3OS. The van der Waals surface area contributed by atoms with E-state index in [0.29, 0.717) is 0 Å². The van der Waals surface area contributed by atoms with Crippen LogP contribution in [0.25, 0.3) is 0 Å². The highest BCUT2D eigenvalue weighted by Crippen LogP contribution is 2.03. The maximum absolute atomic E-state index is 11.5. The van der Waals surface area contributed by atoms with Gasteiger partial charge in [0.05, 0.1) is 11.5 Å². The Bertz CT molecular complexity index is 403. The number of carbonyl (C=O) groups is 1. The molecule has 1 amide bonds. The van der Waals surface area contributed by atoms with Crippen LogP contribution in [0.15, 0.2) is 30.3 Å². The molecule has 4 nitrogen and oxygen atoms in total. The summed E-state index contributed by atoms with van der Waals surface area (Å²) in [6.07, 6.45) is 0.251. The van der Waals surface area contributed by atoms with Crippen LogP contribution in [-0.4, -0.2) is 16.1 Å². The minimum Gasteiger partial charge on any atom is -0.305 e. The lowest BCUT2D eigenvalue weighted by Crippen LogP contribution is -2.29. The summed E-state index contributed by atoms with van der Waals surface area (Å²) < 4.78 is 0. The highest BCUT2D eigenvalue weighted by molar-refractivity contribution is 8.26. The van der Waals surface area contributed by atoms with Crippen molar-refractivity contribution in [3.8, 4) is 0 Å². The molecule has 0 atom stereocenters. The van der Waals surface area contributed by atoms with Crippen LogP contribution in [0, 0.1) is 10.8 Å². The number of amidine groups is 1. The van der Waals surface area contributed by atoms with E-state index in [4.69, 9.17) is 10.8 Å². The van der Waals surface area contributed by atoms with Crippen molar-refractivity contribution < 1.29 is 4.79 Å². The average Bonchev–Trinajstić information content (AvgIpc) is 2.17. The van der Waals surface area contributed by atoms with Crippen molar-refractivity contribution >= 4 is 27.9 Å². The van der Waals surface area contributed by atoms with Gasteiger partial charge in [-0.25, -0.2) is 0 Å². The van der Waals surface area contributed by atoms with Crippen LogP contribution in [0.5, 0.6) is 0 Å². The highest BCUT2D eigenvalue weighted by atomic mass is 32.2. The summed E-state index contributed by atoms with van der Waals surface area (Å²) in [7, 11) is 0. The molecule has 0 radical (unpaired) electrons. The fourth-order valence-electron chi connectivity index (χ4n) is 1.13. The molecule has 0 aromatic heterocycles. The van der Waals surface area contributed by atoms with E-state index in [2.05, 4.69) is 5.32 Å². The Morgan fingerprint density at radius 3 is 2.50 bits per heavy atom. The molecule has 1 rings (SSSR count). The van der Waals surface area contributed by atoms with Gasteiger partial charge < -0.3 is 5.32 Å². The van der Waals surface area contributed by atoms with Gasteiger partial charge >= 0.3 is 0 Å². The Morgan fingerprint density at radius 2 is 1.94 bits per heavy atom. The Labute approximate surface area is 98.5 Å². The molecule has 0 aliphatic heterocycles. The van der Waals surface area contributed by atoms with E-state index in [9.17, 15) is 4.79 Å². The minimum absolute atomic E-state index is 0.00608. The van der Waals surface area contributed by atoms with Crippen molar-refractivity contribution in [3.63, 3.8) is 0 Å². The molecule has 0 saturated carbocycles. The zero-order valence-corrected chi connectivity index (χ0v) is 9.73. The maximum Gasteiger partial charge on any atom is 0.230 e. The zero-order valence-electron chi connectivity index (χ0n) is 8.91. The number of nitrogens with one attached hydrogen (secondary N) is 3. The first-order chi connectivity index (χ1) is 7.58. The molecule has 1 aromatic carbocycles. The summed E-state index contributed by atoms with van der Waals surface area (Å²) in [4.78, 5) is 11.5. The third-order valence-corrected chi connectivity index (χ3v) is 2.33. The Hall–Kier alpha value is -1.62. The third-order valence-electron chi connectivity index (χ3n) is 1.72. The van der Waals surface area contributed by atoms with Crippen LogP contribution in [-0.2, 0) is 11.2 Å². The number of amides is 1. The van der Waals surface area contributed by atoms with Crippen molar-refractivity contribution in [2.24, 2.45) is 0 Å². The number of rotatable bonds is 2. The fraction of sp³-hybridized carbons (Fsp3) is 0.182. The minimum atomic E-state index is -0.232. The first-order valence-electron chi connectivity index (χ1n) is 4.73. The molecule has 0 aliphatic rings. The van der Waals surface area contributed by atoms with Gasteiger partial charge in [-0.05, 0) is 24.2 Å². The molecule has 5 heteroatoms. The quantitative estimate of drug-likeness (QED) is 0.541. The monoisotopic (exact) mass is 235 g/mol. The predicted molar refractivity (Wildman–Crippen MR) is 67.0 cm³/mol. The second-order valence-corrected chi connectivity index (χ2v) is 4.42. The molecule has 0 heterocycles. The van der Waals surface area contributed by atoms with E-state index in [1.54, 1.807) is 6.92 Å². The van der Waals surface area contributed by atoms with Crippen molar-refractivity contribution in [2.75, 3.05) is 0 Å². The average molecular weight is 235 g/mol. The topological polar surface area (TPSA) is 76.8 Å². The van der Waals surface area contributed by atoms with E-state index in [-0.39, 0.29) is 22.5 Å². The first kappa shape index (κ1) is 12.4. The van der Waals surface area contributed by atoms with E-state index < -0.39 is 0 Å². The summed E-state index contributed by atoms with van der Waals surface area (Å²) in [6.45, 7) is 1.57. The van der Waals surface area contributed by atoms with Gasteiger partial charge in [0.25, 0.3) is 0 Å². The number of hydrogen-bond donors (Lipinski definition) is 3. The third kappa shape index (κ3) is 4.75. The van der Waals surface area contributed by atoms with Crippen LogP contribution in [0.2, 0.25) is 0 Å². The predicted octanol–water partition coefficient (Wildman–Crippen LogP) is 2.01. The smallest absolute Gasteiger partial charge is 0.230 e. The van der Waals surface area contributed by atoms with Crippen LogP contribution >= 0.6 is 11.8 Å². The lowest BCUT2D eigenvalue weighted by Gasteiger charge is -2.05. The molecule has 16 heavy (non-hydrogen) atoms. The van der Waals surface area contributed by atoms with E-state index in [0.717, 1.165) is 17.3 Å². The summed E-state index contributed by atoms with van der Waals surface area (Å²) in [5.41, 5.74) is 0.907. The van der Waals surface area contributed by atoms with Crippen molar-refractivity contribution in [1.29, 1.82) is 10.8 Å². The molecule has 0 bridgehead atoms. The molecule has 0 spiro atoms. The lowest BCUT2D eigenvalue weighted by molar-refractivity contribution is -0.119. The van der Waals surface area contributed by atoms with Gasteiger partial charge in [-0.2, -0.15) is 0 Å². The largest absolute Gasteiger partial charge is 0.305 e. The number of thioether (sulfide) groups is 1. The highest BCUT2D eigenvalue weighted by Gasteiger charge is 2.06. The van der Waals surface area contributed by atoms with Crippen LogP contribution in [0.1, 0.15) is 12.5 Å². The van der Waals surface area contributed by atoms with Crippen molar-refractivity contribution in [1.82, 2.24) is 5.32 Å². The summed E-state index contributed by atoms with van der Waals surface area (Å²) in [6, 6.07) is 9.34. The Morgan fingerprint density at radius 1 is 1.31 bits per heavy atom. The van der Waals surface area contributed by atoms with E-state index >= 15 is 0 Å². The molecular weight excluding hydrogens is 222 g/mol. The second kappa shape index (κ2) is 6.07. The van der Waals surface area contributed by atoms with Gasteiger partial charge in [-0.15, -0.1) is 0 Å². The molecule has 1 aromatic rings. The number of benzene rings is 1. The van der Waals surface area contributed by atoms with Gasteiger partial charge in [0, 0.05) is 0 Å². The zero-order chi connectivity index (χ0) is 12.0. The van der Waals surface area contributed by atoms with Crippen molar-refractivity contribution in [3.05, 3.63) is 35.9 Å². The summed E-state index contributed by atoms with van der Waals surface area (Å²) >= 11 is 0.928. The van der Waals surface area contributed by atoms with E-state index in [1.807, 2.05) is 30.3 Å².